The normalized spacial score (nSPS) is 12.0. The number of rotatable bonds is 6. The summed E-state index contributed by atoms with van der Waals surface area (Å²) in [7, 11) is 0. The Morgan fingerprint density at radius 1 is 0.393 bits per heavy atom. The largest absolute Gasteiger partial charge is 0.453 e. The van der Waals surface area contributed by atoms with Gasteiger partial charge in [0.1, 0.15) is 0 Å². The van der Waals surface area contributed by atoms with Crippen LogP contribution in [-0.2, 0) is 0 Å². The maximum Gasteiger partial charge on any atom is 0.235 e. The third-order valence-corrected chi connectivity index (χ3v) is 11.8. The molecular formula is C56H36N4O. The summed E-state index contributed by atoms with van der Waals surface area (Å²) in [5, 5.41) is 4.66. The fourth-order valence-corrected chi connectivity index (χ4v) is 8.96. The highest BCUT2D eigenvalue weighted by molar-refractivity contribution is 6.23. The van der Waals surface area contributed by atoms with Crippen LogP contribution >= 0.6 is 0 Å². The molecule has 286 valence electrons. The third-order valence-electron chi connectivity index (χ3n) is 11.8. The Balaban J connectivity index is 1.12. The van der Waals surface area contributed by atoms with Gasteiger partial charge in [-0.25, -0.2) is 9.97 Å². The van der Waals surface area contributed by atoms with Gasteiger partial charge in [0.05, 0.1) is 33.8 Å². The van der Waals surface area contributed by atoms with E-state index in [1.54, 1.807) is 0 Å². The van der Waals surface area contributed by atoms with E-state index < -0.39 is 0 Å². The summed E-state index contributed by atoms with van der Waals surface area (Å²) < 4.78 is 8.85. The van der Waals surface area contributed by atoms with E-state index in [-0.39, 0.29) is 0 Å². The third kappa shape index (κ3) is 5.86. The lowest BCUT2D eigenvalue weighted by molar-refractivity contribution is 0.477. The first-order chi connectivity index (χ1) is 30.2. The van der Waals surface area contributed by atoms with Crippen molar-refractivity contribution in [3.63, 3.8) is 0 Å². The van der Waals surface area contributed by atoms with Crippen LogP contribution in [0.5, 0.6) is 11.5 Å². The molecule has 0 bridgehead atoms. The molecule has 0 N–H and O–H groups in total. The molecule has 3 heterocycles. The van der Waals surface area contributed by atoms with Gasteiger partial charge in [0.2, 0.25) is 5.95 Å². The molecule has 0 radical (unpaired) electrons. The lowest BCUT2D eigenvalue weighted by Gasteiger charge is -2.33. The molecule has 1 aliphatic rings. The Morgan fingerprint density at radius 3 is 1.77 bits per heavy atom. The van der Waals surface area contributed by atoms with Gasteiger partial charge in [0.25, 0.3) is 0 Å². The molecule has 0 unspecified atom stereocenters. The SMILES string of the molecule is c1ccc(-c2ccc(-c3cc(-c4ccccc4)nc(-n4c5ccc6ccccc6c5c5cccc(-c6ccc7c(c6)N(c6ccccc6)c6ccccc6O7)c54)n3)cc2)cc1. The van der Waals surface area contributed by atoms with Gasteiger partial charge in [0, 0.05) is 33.2 Å². The number of ether oxygens (including phenoxy) is 1. The number of hydrogen-bond acceptors (Lipinski definition) is 4. The molecule has 5 nitrogen and oxygen atoms in total. The minimum atomic E-state index is 0.604. The minimum Gasteiger partial charge on any atom is -0.453 e. The molecule has 61 heavy (non-hydrogen) atoms. The van der Waals surface area contributed by atoms with Gasteiger partial charge in [-0.3, -0.25) is 4.57 Å². The van der Waals surface area contributed by atoms with Crippen molar-refractivity contribution in [1.29, 1.82) is 0 Å². The fraction of sp³-hybridized carbons (Fsp3) is 0. The summed E-state index contributed by atoms with van der Waals surface area (Å²) in [6, 6.07) is 76.6. The molecule has 0 spiro atoms. The highest BCUT2D eigenvalue weighted by Gasteiger charge is 2.27. The zero-order chi connectivity index (χ0) is 40.3. The van der Waals surface area contributed by atoms with Crippen LogP contribution in [0.2, 0.25) is 0 Å². The lowest BCUT2D eigenvalue weighted by Crippen LogP contribution is -2.15. The second kappa shape index (κ2) is 14.2. The van der Waals surface area contributed by atoms with E-state index in [1.807, 2.05) is 24.3 Å². The molecule has 0 fully saturated rings. The molecule has 12 rings (SSSR count). The molecule has 11 aromatic rings. The maximum absolute atomic E-state index is 6.57. The monoisotopic (exact) mass is 780 g/mol. The van der Waals surface area contributed by atoms with Gasteiger partial charge in [0.15, 0.2) is 11.5 Å². The van der Waals surface area contributed by atoms with E-state index >= 15 is 0 Å². The molecule has 0 saturated heterocycles. The van der Waals surface area contributed by atoms with Crippen molar-refractivity contribution in [1.82, 2.24) is 14.5 Å². The van der Waals surface area contributed by atoms with Gasteiger partial charge in [-0.15, -0.1) is 0 Å². The van der Waals surface area contributed by atoms with Crippen LogP contribution in [-0.4, -0.2) is 14.5 Å². The zero-order valence-corrected chi connectivity index (χ0v) is 33.0. The van der Waals surface area contributed by atoms with E-state index in [0.717, 1.165) is 84.2 Å². The number of fused-ring (bicyclic) bond motifs is 7. The van der Waals surface area contributed by atoms with Gasteiger partial charge < -0.3 is 9.64 Å². The standard InChI is InChI=1S/C56H36N4O/c1-4-15-37(16-5-1)38-27-29-41(30-28-38)48-36-47(40-18-6-2-7-19-40)57-56(58-48)60-50-33-31-39-17-10-11-22-44(39)54(50)46-24-14-23-45(55(46)60)42-32-34-53-51(35-42)59(43-20-8-3-9-21-43)49-25-12-13-26-52(49)61-53/h1-36H. The highest BCUT2D eigenvalue weighted by atomic mass is 16.5. The molecule has 2 aromatic heterocycles. The second-order valence-electron chi connectivity index (χ2n) is 15.4. The predicted octanol–water partition coefficient (Wildman–Crippen LogP) is 15.0. The zero-order valence-electron chi connectivity index (χ0n) is 33.0. The Hall–Kier alpha value is -8.28. The molecule has 9 aromatic carbocycles. The summed E-state index contributed by atoms with van der Waals surface area (Å²) in [5.74, 6) is 2.22. The summed E-state index contributed by atoms with van der Waals surface area (Å²) in [6.45, 7) is 0. The number of aromatic nitrogens is 3. The topological polar surface area (TPSA) is 43.2 Å². The van der Waals surface area contributed by atoms with Gasteiger partial charge in [-0.05, 0) is 76.0 Å². The van der Waals surface area contributed by atoms with Crippen molar-refractivity contribution in [2.45, 2.75) is 0 Å². The average Bonchev–Trinajstić information content (AvgIpc) is 3.69. The van der Waals surface area contributed by atoms with Crippen molar-refractivity contribution in [2.24, 2.45) is 0 Å². The number of nitrogens with zero attached hydrogens (tertiary/aromatic N) is 4. The van der Waals surface area contributed by atoms with E-state index in [2.05, 4.69) is 204 Å². The van der Waals surface area contributed by atoms with Gasteiger partial charge in [-0.2, -0.15) is 0 Å². The molecule has 0 saturated carbocycles. The first-order valence-electron chi connectivity index (χ1n) is 20.6. The van der Waals surface area contributed by atoms with Crippen LogP contribution in [0, 0.1) is 0 Å². The van der Waals surface area contributed by atoms with E-state index in [1.165, 1.54) is 21.7 Å². The van der Waals surface area contributed by atoms with E-state index in [9.17, 15) is 0 Å². The van der Waals surface area contributed by atoms with Crippen LogP contribution in [0.1, 0.15) is 0 Å². The Kier molecular flexibility index (Phi) is 8.10. The Bertz CT molecular complexity index is 3430. The summed E-state index contributed by atoms with van der Waals surface area (Å²) >= 11 is 0. The number of para-hydroxylation sites is 4. The summed E-state index contributed by atoms with van der Waals surface area (Å²) in [5.41, 5.74) is 13.3. The van der Waals surface area contributed by atoms with Crippen molar-refractivity contribution in [3.05, 3.63) is 218 Å². The fourth-order valence-electron chi connectivity index (χ4n) is 8.96. The van der Waals surface area contributed by atoms with Crippen LogP contribution in [0.4, 0.5) is 17.1 Å². The quantitative estimate of drug-likeness (QED) is 0.169. The first kappa shape index (κ1) is 34.7. The van der Waals surface area contributed by atoms with Gasteiger partial charge >= 0.3 is 0 Å². The second-order valence-corrected chi connectivity index (χ2v) is 15.4. The molecule has 0 aliphatic carbocycles. The summed E-state index contributed by atoms with van der Waals surface area (Å²) in [6.07, 6.45) is 0. The minimum absolute atomic E-state index is 0.604. The highest BCUT2D eigenvalue weighted by Crippen LogP contribution is 2.52. The molecule has 1 aliphatic heterocycles. The number of hydrogen-bond donors (Lipinski definition) is 0. The van der Waals surface area contributed by atoms with E-state index in [0.29, 0.717) is 5.95 Å². The summed E-state index contributed by atoms with van der Waals surface area (Å²) in [4.78, 5) is 13.2. The van der Waals surface area contributed by atoms with Gasteiger partial charge in [-0.1, -0.05) is 170 Å². The van der Waals surface area contributed by atoms with Crippen LogP contribution in [0.3, 0.4) is 0 Å². The molecule has 0 atom stereocenters. The van der Waals surface area contributed by atoms with Crippen LogP contribution in [0.15, 0.2) is 218 Å². The van der Waals surface area contributed by atoms with Crippen molar-refractivity contribution in [3.8, 4) is 62.2 Å². The van der Waals surface area contributed by atoms with E-state index in [4.69, 9.17) is 14.7 Å². The Labute approximate surface area is 353 Å². The van der Waals surface area contributed by atoms with Crippen molar-refractivity contribution in [2.75, 3.05) is 4.90 Å². The molecular weight excluding hydrogens is 745 g/mol. The smallest absolute Gasteiger partial charge is 0.235 e. The first-order valence-corrected chi connectivity index (χ1v) is 20.6. The van der Waals surface area contributed by atoms with Crippen molar-refractivity contribution < 1.29 is 4.74 Å². The lowest BCUT2D eigenvalue weighted by atomic mass is 9.98. The predicted molar refractivity (Wildman–Crippen MR) is 250 cm³/mol. The maximum atomic E-state index is 6.57. The van der Waals surface area contributed by atoms with Crippen LogP contribution < -0.4 is 9.64 Å². The van der Waals surface area contributed by atoms with Crippen LogP contribution in [0.25, 0.3) is 83.3 Å². The van der Waals surface area contributed by atoms with Crippen molar-refractivity contribution >= 4 is 49.6 Å². The number of benzene rings is 9. The Morgan fingerprint density at radius 2 is 0.984 bits per heavy atom. The molecule has 0 amide bonds. The average molecular weight is 781 g/mol. The number of anilines is 3. The molecule has 5 heteroatoms.